The second-order valence-electron chi connectivity index (χ2n) is 4.14. The van der Waals surface area contributed by atoms with Crippen LogP contribution in [0.25, 0.3) is 11.2 Å². The van der Waals surface area contributed by atoms with Crippen LogP contribution in [0.3, 0.4) is 0 Å². The maximum atomic E-state index is 5.62. The minimum absolute atomic E-state index is 0.365. The lowest BCUT2D eigenvalue weighted by Crippen LogP contribution is -2.16. The van der Waals surface area contributed by atoms with Gasteiger partial charge < -0.3 is 15.5 Å². The fraction of sp³-hybridized carbons (Fsp3) is 0.455. The molecule has 2 aromatic heterocycles. The molecule has 1 aliphatic heterocycles. The Bertz CT molecular complexity index is 502. The molecule has 0 amide bonds. The summed E-state index contributed by atoms with van der Waals surface area (Å²) in [6.45, 7) is 1.61. The fourth-order valence-corrected chi connectivity index (χ4v) is 2.08. The van der Waals surface area contributed by atoms with Crippen molar-refractivity contribution in [1.82, 2.24) is 15.0 Å². The van der Waals surface area contributed by atoms with Gasteiger partial charge in [-0.15, -0.1) is 0 Å². The number of fused-ring (bicyclic) bond motifs is 1. The Kier molecular flexibility index (Phi) is 2.25. The summed E-state index contributed by atoms with van der Waals surface area (Å²) in [7, 11) is 0. The number of rotatable bonds is 1. The van der Waals surface area contributed by atoms with Crippen molar-refractivity contribution in [1.29, 1.82) is 0 Å². The van der Waals surface area contributed by atoms with Crippen LogP contribution in [-0.4, -0.2) is 28.2 Å². The lowest BCUT2D eigenvalue weighted by Gasteiger charge is -2.19. The van der Waals surface area contributed by atoms with E-state index in [1.165, 1.54) is 0 Å². The molecule has 5 nitrogen and oxygen atoms in total. The van der Waals surface area contributed by atoms with Gasteiger partial charge in [0.1, 0.15) is 11.6 Å². The molecule has 0 saturated carbocycles. The number of hydrogen-bond acceptors (Lipinski definition) is 4. The molecule has 3 rings (SSSR count). The Balaban J connectivity index is 1.97. The summed E-state index contributed by atoms with van der Waals surface area (Å²) in [5.74, 6) is 1.84. The third kappa shape index (κ3) is 1.63. The van der Waals surface area contributed by atoms with E-state index >= 15 is 0 Å². The standard InChI is InChI=1S/C11H14N4O/c12-9-4-3-8-11(14-9)15-10(13-8)7-2-1-5-16-6-7/h3-4,7H,1-2,5-6H2,(H3,12,13,14,15). The van der Waals surface area contributed by atoms with Crippen molar-refractivity contribution < 1.29 is 4.74 Å². The number of pyridine rings is 1. The van der Waals surface area contributed by atoms with Crippen molar-refractivity contribution in [3.8, 4) is 0 Å². The number of nitrogens with zero attached hydrogens (tertiary/aromatic N) is 2. The second kappa shape index (κ2) is 3.75. The largest absolute Gasteiger partial charge is 0.384 e. The molecule has 1 atom stereocenters. The van der Waals surface area contributed by atoms with Crippen molar-refractivity contribution in [3.63, 3.8) is 0 Å². The van der Waals surface area contributed by atoms with Crippen LogP contribution < -0.4 is 5.73 Å². The normalized spacial score (nSPS) is 21.4. The van der Waals surface area contributed by atoms with Gasteiger partial charge in [-0.1, -0.05) is 0 Å². The monoisotopic (exact) mass is 218 g/mol. The second-order valence-corrected chi connectivity index (χ2v) is 4.14. The number of nitrogens with one attached hydrogen (secondary N) is 1. The third-order valence-corrected chi connectivity index (χ3v) is 2.93. The number of aromatic nitrogens is 3. The molecule has 1 fully saturated rings. The molecule has 0 aliphatic carbocycles. The number of anilines is 1. The zero-order valence-corrected chi connectivity index (χ0v) is 8.94. The van der Waals surface area contributed by atoms with Gasteiger partial charge in [0.05, 0.1) is 12.1 Å². The van der Waals surface area contributed by atoms with E-state index in [1.807, 2.05) is 6.07 Å². The first-order valence-corrected chi connectivity index (χ1v) is 5.53. The summed E-state index contributed by atoms with van der Waals surface area (Å²) in [5.41, 5.74) is 7.26. The number of aromatic amines is 1. The molecular formula is C11H14N4O. The van der Waals surface area contributed by atoms with Gasteiger partial charge in [-0.2, -0.15) is 0 Å². The molecule has 0 spiro atoms. The van der Waals surface area contributed by atoms with Gasteiger partial charge in [0.25, 0.3) is 0 Å². The first kappa shape index (κ1) is 9.59. The van der Waals surface area contributed by atoms with Crippen LogP contribution in [0.15, 0.2) is 12.1 Å². The number of hydrogen-bond donors (Lipinski definition) is 2. The Labute approximate surface area is 93.0 Å². The molecule has 3 N–H and O–H groups in total. The molecule has 1 aliphatic rings. The predicted molar refractivity (Wildman–Crippen MR) is 61.1 cm³/mol. The molecule has 0 radical (unpaired) electrons. The highest BCUT2D eigenvalue weighted by Crippen LogP contribution is 2.24. The Morgan fingerprint density at radius 1 is 1.38 bits per heavy atom. The molecule has 16 heavy (non-hydrogen) atoms. The smallest absolute Gasteiger partial charge is 0.179 e. The van der Waals surface area contributed by atoms with Gasteiger partial charge in [0.2, 0.25) is 0 Å². The number of nitrogen functional groups attached to an aromatic ring is 1. The summed E-state index contributed by atoms with van der Waals surface area (Å²) in [5, 5.41) is 0. The first-order chi connectivity index (χ1) is 7.83. The van der Waals surface area contributed by atoms with Crippen LogP contribution in [0.4, 0.5) is 5.82 Å². The molecule has 0 aromatic carbocycles. The number of nitrogens with two attached hydrogens (primary N) is 1. The average molecular weight is 218 g/mol. The quantitative estimate of drug-likeness (QED) is 0.759. The zero-order chi connectivity index (χ0) is 11.0. The molecule has 1 unspecified atom stereocenters. The van der Waals surface area contributed by atoms with E-state index in [2.05, 4.69) is 15.0 Å². The summed E-state index contributed by atoms with van der Waals surface area (Å²) >= 11 is 0. The van der Waals surface area contributed by atoms with Crippen LogP contribution in [0, 0.1) is 0 Å². The highest BCUT2D eigenvalue weighted by Gasteiger charge is 2.19. The molecule has 5 heteroatoms. The van der Waals surface area contributed by atoms with E-state index in [0.717, 1.165) is 37.4 Å². The highest BCUT2D eigenvalue weighted by atomic mass is 16.5. The van der Waals surface area contributed by atoms with Gasteiger partial charge in [-0.05, 0) is 25.0 Å². The lowest BCUT2D eigenvalue weighted by molar-refractivity contribution is 0.0784. The van der Waals surface area contributed by atoms with E-state index in [4.69, 9.17) is 10.5 Å². The zero-order valence-electron chi connectivity index (χ0n) is 8.94. The maximum Gasteiger partial charge on any atom is 0.179 e. The van der Waals surface area contributed by atoms with Gasteiger partial charge in [-0.25, -0.2) is 9.97 Å². The Morgan fingerprint density at radius 2 is 2.31 bits per heavy atom. The van der Waals surface area contributed by atoms with E-state index in [-0.39, 0.29) is 0 Å². The topological polar surface area (TPSA) is 76.8 Å². The van der Waals surface area contributed by atoms with Gasteiger partial charge in [-0.3, -0.25) is 0 Å². The minimum atomic E-state index is 0.365. The van der Waals surface area contributed by atoms with E-state index in [1.54, 1.807) is 6.07 Å². The Hall–Kier alpha value is -1.62. The van der Waals surface area contributed by atoms with Crippen LogP contribution in [0.5, 0.6) is 0 Å². The molecule has 0 bridgehead atoms. The molecule has 84 valence electrons. The summed E-state index contributed by atoms with van der Waals surface area (Å²) in [6.07, 6.45) is 2.21. The summed E-state index contributed by atoms with van der Waals surface area (Å²) in [4.78, 5) is 11.9. The van der Waals surface area contributed by atoms with Crippen LogP contribution in [0.2, 0.25) is 0 Å². The number of ether oxygens (including phenoxy) is 1. The highest BCUT2D eigenvalue weighted by molar-refractivity contribution is 5.72. The third-order valence-electron chi connectivity index (χ3n) is 2.93. The number of H-pyrrole nitrogens is 1. The minimum Gasteiger partial charge on any atom is -0.384 e. The van der Waals surface area contributed by atoms with Gasteiger partial charge in [0.15, 0.2) is 5.65 Å². The molecule has 3 heterocycles. The van der Waals surface area contributed by atoms with Crippen molar-refractivity contribution in [2.45, 2.75) is 18.8 Å². The van der Waals surface area contributed by atoms with E-state index in [0.29, 0.717) is 17.4 Å². The van der Waals surface area contributed by atoms with Gasteiger partial charge in [0, 0.05) is 12.5 Å². The van der Waals surface area contributed by atoms with Gasteiger partial charge >= 0.3 is 0 Å². The van der Waals surface area contributed by atoms with Crippen molar-refractivity contribution in [2.75, 3.05) is 18.9 Å². The van der Waals surface area contributed by atoms with E-state index < -0.39 is 0 Å². The lowest BCUT2D eigenvalue weighted by atomic mass is 10.0. The fourth-order valence-electron chi connectivity index (χ4n) is 2.08. The van der Waals surface area contributed by atoms with Crippen LogP contribution in [0.1, 0.15) is 24.6 Å². The molecular weight excluding hydrogens is 204 g/mol. The average Bonchev–Trinajstić information content (AvgIpc) is 2.73. The van der Waals surface area contributed by atoms with Crippen LogP contribution in [-0.2, 0) is 4.74 Å². The predicted octanol–water partition coefficient (Wildman–Crippen LogP) is 1.43. The maximum absolute atomic E-state index is 5.62. The molecule has 1 saturated heterocycles. The Morgan fingerprint density at radius 3 is 3.12 bits per heavy atom. The van der Waals surface area contributed by atoms with Crippen molar-refractivity contribution in [2.24, 2.45) is 0 Å². The van der Waals surface area contributed by atoms with E-state index in [9.17, 15) is 0 Å². The van der Waals surface area contributed by atoms with Crippen LogP contribution >= 0.6 is 0 Å². The van der Waals surface area contributed by atoms with Crippen molar-refractivity contribution in [3.05, 3.63) is 18.0 Å². The summed E-state index contributed by atoms with van der Waals surface area (Å²) in [6, 6.07) is 3.69. The summed E-state index contributed by atoms with van der Waals surface area (Å²) < 4.78 is 5.45. The van der Waals surface area contributed by atoms with Crippen molar-refractivity contribution >= 4 is 17.0 Å². The first-order valence-electron chi connectivity index (χ1n) is 5.53. The SMILES string of the molecule is Nc1ccc2[nH]c(C3CCCOC3)nc2n1. The number of imidazole rings is 1. The molecule has 2 aromatic rings.